The molecule has 0 aromatic heterocycles. The van der Waals surface area contributed by atoms with Gasteiger partial charge in [-0.1, -0.05) is 12.1 Å². The van der Waals surface area contributed by atoms with Gasteiger partial charge in [-0.15, -0.1) is 0 Å². The lowest BCUT2D eigenvalue weighted by molar-refractivity contribution is 0.0265. The number of sulfonamides is 1. The topological polar surface area (TPSA) is 66.8 Å². The van der Waals surface area contributed by atoms with Crippen molar-refractivity contribution in [3.05, 3.63) is 29.8 Å². The van der Waals surface area contributed by atoms with E-state index < -0.39 is 16.1 Å². The highest BCUT2D eigenvalue weighted by atomic mass is 32.2. The molecule has 0 saturated carbocycles. The minimum Gasteiger partial charge on any atom is -0.389 e. The molecule has 21 heavy (non-hydrogen) atoms. The van der Waals surface area contributed by atoms with Gasteiger partial charge in [0.15, 0.2) is 0 Å². The summed E-state index contributed by atoms with van der Waals surface area (Å²) in [5, 5.41) is 9.61. The lowest BCUT2D eigenvalue weighted by Gasteiger charge is -2.31. The number of aliphatic hydroxyl groups excluding tert-OH is 1. The Hall–Kier alpha value is -0.950. The first-order chi connectivity index (χ1) is 9.95. The average Bonchev–Trinajstić information content (AvgIpc) is 2.48. The first-order valence-corrected chi connectivity index (χ1v) is 8.79. The maximum atomic E-state index is 12.7. The van der Waals surface area contributed by atoms with Crippen LogP contribution in [0.15, 0.2) is 29.2 Å². The third-order valence-electron chi connectivity index (χ3n) is 3.72. The second-order valence-corrected chi connectivity index (χ2v) is 7.27. The number of aliphatic hydroxyl groups is 1. The van der Waals surface area contributed by atoms with Gasteiger partial charge in [-0.25, -0.2) is 8.42 Å². The van der Waals surface area contributed by atoms with Crippen molar-refractivity contribution in [2.45, 2.75) is 43.8 Å². The van der Waals surface area contributed by atoms with Crippen LogP contribution in [0.4, 0.5) is 0 Å². The summed E-state index contributed by atoms with van der Waals surface area (Å²) in [6.07, 6.45) is 0.990. The van der Waals surface area contributed by atoms with Gasteiger partial charge in [0.1, 0.15) is 0 Å². The molecule has 5 nitrogen and oxygen atoms in total. The molecule has 6 heteroatoms. The Morgan fingerprint density at radius 1 is 1.48 bits per heavy atom. The first kappa shape index (κ1) is 16.4. The number of ether oxygens (including phenoxy) is 1. The van der Waals surface area contributed by atoms with E-state index in [1.807, 2.05) is 6.92 Å². The number of hydrogen-bond donors (Lipinski definition) is 1. The molecular formula is C15H23NO4S. The Balaban J connectivity index is 2.23. The van der Waals surface area contributed by atoms with Crippen LogP contribution in [0.3, 0.4) is 0 Å². The summed E-state index contributed by atoms with van der Waals surface area (Å²) >= 11 is 0. The Morgan fingerprint density at radius 3 is 2.90 bits per heavy atom. The SMILES string of the molecule is CCOC1CCCN(S(=O)(=O)c2cccc(C(C)O)c2)C1. The van der Waals surface area contributed by atoms with Crippen molar-refractivity contribution in [1.29, 1.82) is 0 Å². The van der Waals surface area contributed by atoms with Gasteiger partial charge in [-0.3, -0.25) is 0 Å². The number of benzene rings is 1. The maximum absolute atomic E-state index is 12.7. The highest BCUT2D eigenvalue weighted by molar-refractivity contribution is 7.89. The fraction of sp³-hybridized carbons (Fsp3) is 0.600. The summed E-state index contributed by atoms with van der Waals surface area (Å²) < 4.78 is 32.4. The smallest absolute Gasteiger partial charge is 0.243 e. The predicted molar refractivity (Wildman–Crippen MR) is 80.5 cm³/mol. The highest BCUT2D eigenvalue weighted by Gasteiger charge is 2.30. The maximum Gasteiger partial charge on any atom is 0.243 e. The zero-order chi connectivity index (χ0) is 15.5. The van der Waals surface area contributed by atoms with Crippen molar-refractivity contribution in [2.75, 3.05) is 19.7 Å². The molecule has 2 unspecified atom stereocenters. The quantitative estimate of drug-likeness (QED) is 0.902. The molecule has 1 N–H and O–H groups in total. The third kappa shape index (κ3) is 3.83. The van der Waals surface area contributed by atoms with E-state index in [1.165, 1.54) is 4.31 Å². The minimum atomic E-state index is -3.53. The Kier molecular flexibility index (Phi) is 5.37. The highest BCUT2D eigenvalue weighted by Crippen LogP contribution is 2.24. The van der Waals surface area contributed by atoms with Crippen molar-refractivity contribution in [3.8, 4) is 0 Å². The number of hydrogen-bond acceptors (Lipinski definition) is 4. The Bertz CT molecular complexity index is 569. The Morgan fingerprint density at radius 2 is 2.24 bits per heavy atom. The van der Waals surface area contributed by atoms with E-state index in [9.17, 15) is 13.5 Å². The summed E-state index contributed by atoms with van der Waals surface area (Å²) in [6.45, 7) is 5.05. The van der Waals surface area contributed by atoms with E-state index in [1.54, 1.807) is 31.2 Å². The predicted octanol–water partition coefficient (Wildman–Crippen LogP) is 1.93. The van der Waals surface area contributed by atoms with Gasteiger partial charge < -0.3 is 9.84 Å². The second kappa shape index (κ2) is 6.87. The van der Waals surface area contributed by atoms with Crippen LogP contribution in [0.2, 0.25) is 0 Å². The standard InChI is InChI=1S/C15H23NO4S/c1-3-20-14-7-5-9-16(11-14)21(18,19)15-8-4-6-13(10-15)12(2)17/h4,6,8,10,12,14,17H,3,5,7,9,11H2,1-2H3. The Labute approximate surface area is 126 Å². The van der Waals surface area contributed by atoms with Gasteiger partial charge in [-0.2, -0.15) is 4.31 Å². The van der Waals surface area contributed by atoms with Gasteiger partial charge >= 0.3 is 0 Å². The van der Waals surface area contributed by atoms with E-state index in [0.717, 1.165) is 12.8 Å². The molecule has 0 radical (unpaired) electrons. The monoisotopic (exact) mass is 313 g/mol. The summed E-state index contributed by atoms with van der Waals surface area (Å²) in [6, 6.07) is 6.51. The van der Waals surface area contributed by atoms with Crippen molar-refractivity contribution in [3.63, 3.8) is 0 Å². The normalized spacial score (nSPS) is 22.1. The van der Waals surface area contributed by atoms with Crippen LogP contribution in [0.5, 0.6) is 0 Å². The van der Waals surface area contributed by atoms with E-state index in [-0.39, 0.29) is 11.0 Å². The van der Waals surface area contributed by atoms with Gasteiger partial charge in [0.2, 0.25) is 10.0 Å². The lowest BCUT2D eigenvalue weighted by atomic mass is 10.1. The van der Waals surface area contributed by atoms with E-state index >= 15 is 0 Å². The fourth-order valence-electron chi connectivity index (χ4n) is 2.58. The summed E-state index contributed by atoms with van der Waals surface area (Å²) in [5.41, 5.74) is 0.606. The average molecular weight is 313 g/mol. The van der Waals surface area contributed by atoms with Crippen LogP contribution in [0.1, 0.15) is 38.4 Å². The zero-order valence-corrected chi connectivity index (χ0v) is 13.3. The molecule has 0 aliphatic carbocycles. The molecule has 1 aliphatic rings. The zero-order valence-electron chi connectivity index (χ0n) is 12.5. The molecule has 1 heterocycles. The van der Waals surface area contributed by atoms with Gasteiger partial charge in [0, 0.05) is 19.7 Å². The van der Waals surface area contributed by atoms with Gasteiger partial charge in [0.05, 0.1) is 17.1 Å². The molecule has 2 atom stereocenters. The van der Waals surface area contributed by atoms with Crippen LogP contribution in [-0.4, -0.2) is 43.6 Å². The molecule has 0 amide bonds. The summed E-state index contributed by atoms with van der Waals surface area (Å²) in [5.74, 6) is 0. The lowest BCUT2D eigenvalue weighted by Crippen LogP contribution is -2.43. The summed E-state index contributed by atoms with van der Waals surface area (Å²) in [4.78, 5) is 0.234. The van der Waals surface area contributed by atoms with Gasteiger partial charge in [0.25, 0.3) is 0 Å². The molecule has 118 valence electrons. The number of nitrogens with zero attached hydrogens (tertiary/aromatic N) is 1. The molecule has 1 aromatic carbocycles. The summed E-state index contributed by atoms with van der Waals surface area (Å²) in [7, 11) is -3.53. The molecule has 1 aromatic rings. The number of piperidine rings is 1. The third-order valence-corrected chi connectivity index (χ3v) is 5.58. The number of rotatable bonds is 5. The van der Waals surface area contributed by atoms with Crippen LogP contribution < -0.4 is 0 Å². The molecule has 1 saturated heterocycles. The first-order valence-electron chi connectivity index (χ1n) is 7.35. The van der Waals surface area contributed by atoms with E-state index in [4.69, 9.17) is 4.74 Å². The molecular weight excluding hydrogens is 290 g/mol. The van der Waals surface area contributed by atoms with Crippen LogP contribution in [0, 0.1) is 0 Å². The van der Waals surface area contributed by atoms with Crippen molar-refractivity contribution in [2.24, 2.45) is 0 Å². The van der Waals surface area contributed by atoms with Crippen molar-refractivity contribution < 1.29 is 18.3 Å². The van der Waals surface area contributed by atoms with Crippen molar-refractivity contribution >= 4 is 10.0 Å². The molecule has 0 spiro atoms. The van der Waals surface area contributed by atoms with Crippen LogP contribution in [0.25, 0.3) is 0 Å². The largest absolute Gasteiger partial charge is 0.389 e. The molecule has 2 rings (SSSR count). The van der Waals surface area contributed by atoms with E-state index in [0.29, 0.717) is 25.3 Å². The fourth-order valence-corrected chi connectivity index (χ4v) is 4.14. The van der Waals surface area contributed by atoms with Crippen molar-refractivity contribution in [1.82, 2.24) is 4.31 Å². The van der Waals surface area contributed by atoms with Crippen LogP contribution >= 0.6 is 0 Å². The molecule has 1 fully saturated rings. The minimum absolute atomic E-state index is 0.0292. The van der Waals surface area contributed by atoms with E-state index in [2.05, 4.69) is 0 Å². The molecule has 1 aliphatic heterocycles. The van der Waals surface area contributed by atoms with Gasteiger partial charge in [-0.05, 0) is 44.4 Å². The molecule has 0 bridgehead atoms. The van der Waals surface area contributed by atoms with Crippen LogP contribution in [-0.2, 0) is 14.8 Å². The second-order valence-electron chi connectivity index (χ2n) is 5.33.